The van der Waals surface area contributed by atoms with E-state index in [1.54, 1.807) is 0 Å². The van der Waals surface area contributed by atoms with Gasteiger partial charge in [-0.1, -0.05) is 43.7 Å². The highest BCUT2D eigenvalue weighted by molar-refractivity contribution is 5.24. The first kappa shape index (κ1) is 11.7. The second-order valence-electron chi connectivity index (χ2n) is 3.65. The van der Waals surface area contributed by atoms with Crippen molar-refractivity contribution in [2.75, 3.05) is 13.1 Å². The Bertz CT molecular complexity index is 300. The van der Waals surface area contributed by atoms with Gasteiger partial charge in [0.2, 0.25) is 0 Å². The molecule has 1 N–H and O–H groups in total. The molecule has 0 heterocycles. The normalized spacial score (nSPS) is 12.0. The third kappa shape index (κ3) is 4.14. The Hall–Kier alpha value is -1.33. The number of nitrogens with zero attached hydrogens (tertiary/aromatic N) is 1. The standard InChI is InChI=1S/C13H18N2/c1-2-3-9-15-11-13(10-14)12-7-5-4-6-8-12/h4-8,13,15H,2-3,9,11H2,1H3. The van der Waals surface area contributed by atoms with E-state index in [1.165, 1.54) is 12.8 Å². The number of hydrogen-bond acceptors (Lipinski definition) is 2. The second-order valence-corrected chi connectivity index (χ2v) is 3.65. The van der Waals surface area contributed by atoms with Crippen LogP contribution < -0.4 is 5.32 Å². The fourth-order valence-corrected chi connectivity index (χ4v) is 1.47. The first-order valence-corrected chi connectivity index (χ1v) is 5.53. The summed E-state index contributed by atoms with van der Waals surface area (Å²) in [6.07, 6.45) is 2.36. The molecular weight excluding hydrogens is 184 g/mol. The maximum absolute atomic E-state index is 9.05. The molecule has 1 aromatic rings. The summed E-state index contributed by atoms with van der Waals surface area (Å²) in [5, 5.41) is 12.4. The van der Waals surface area contributed by atoms with E-state index in [-0.39, 0.29) is 5.92 Å². The van der Waals surface area contributed by atoms with Crippen LogP contribution in [0.3, 0.4) is 0 Å². The van der Waals surface area contributed by atoms with Crippen molar-refractivity contribution in [1.82, 2.24) is 5.32 Å². The van der Waals surface area contributed by atoms with Gasteiger partial charge in [-0.05, 0) is 18.5 Å². The molecule has 2 nitrogen and oxygen atoms in total. The molecule has 0 amide bonds. The van der Waals surface area contributed by atoms with E-state index in [1.807, 2.05) is 30.3 Å². The van der Waals surface area contributed by atoms with E-state index in [2.05, 4.69) is 18.3 Å². The lowest BCUT2D eigenvalue weighted by Crippen LogP contribution is -2.21. The molecule has 0 aliphatic rings. The van der Waals surface area contributed by atoms with Gasteiger partial charge < -0.3 is 5.32 Å². The lowest BCUT2D eigenvalue weighted by atomic mass is 10.0. The van der Waals surface area contributed by atoms with Crippen LogP contribution in [0.25, 0.3) is 0 Å². The molecule has 15 heavy (non-hydrogen) atoms. The van der Waals surface area contributed by atoms with Gasteiger partial charge in [-0.25, -0.2) is 0 Å². The zero-order chi connectivity index (χ0) is 10.9. The maximum Gasteiger partial charge on any atom is 0.0837 e. The van der Waals surface area contributed by atoms with Gasteiger partial charge in [-0.2, -0.15) is 5.26 Å². The smallest absolute Gasteiger partial charge is 0.0837 e. The van der Waals surface area contributed by atoms with Crippen LogP contribution in [0, 0.1) is 11.3 Å². The Morgan fingerprint density at radius 1 is 1.33 bits per heavy atom. The molecule has 0 aliphatic carbocycles. The van der Waals surface area contributed by atoms with Crippen molar-refractivity contribution in [3.8, 4) is 6.07 Å². The highest BCUT2D eigenvalue weighted by atomic mass is 14.8. The van der Waals surface area contributed by atoms with Crippen molar-refractivity contribution in [3.63, 3.8) is 0 Å². The van der Waals surface area contributed by atoms with E-state index in [4.69, 9.17) is 5.26 Å². The summed E-state index contributed by atoms with van der Waals surface area (Å²) >= 11 is 0. The van der Waals surface area contributed by atoms with Crippen LogP contribution in [0.1, 0.15) is 31.2 Å². The van der Waals surface area contributed by atoms with Gasteiger partial charge in [0, 0.05) is 6.54 Å². The molecule has 1 unspecified atom stereocenters. The summed E-state index contributed by atoms with van der Waals surface area (Å²) in [5.74, 6) is -0.0249. The predicted octanol–water partition coefficient (Wildman–Crippen LogP) is 2.68. The summed E-state index contributed by atoms with van der Waals surface area (Å²) in [7, 11) is 0. The van der Waals surface area contributed by atoms with Crippen LogP contribution in [0.15, 0.2) is 30.3 Å². The minimum Gasteiger partial charge on any atom is -0.315 e. The zero-order valence-electron chi connectivity index (χ0n) is 9.24. The van der Waals surface area contributed by atoms with Gasteiger partial charge in [-0.15, -0.1) is 0 Å². The van der Waals surface area contributed by atoms with Crippen molar-refractivity contribution < 1.29 is 0 Å². The summed E-state index contributed by atoms with van der Waals surface area (Å²) < 4.78 is 0. The number of hydrogen-bond donors (Lipinski definition) is 1. The van der Waals surface area contributed by atoms with Gasteiger partial charge >= 0.3 is 0 Å². The van der Waals surface area contributed by atoms with Crippen LogP contribution in [0.4, 0.5) is 0 Å². The van der Waals surface area contributed by atoms with E-state index < -0.39 is 0 Å². The first-order valence-electron chi connectivity index (χ1n) is 5.53. The predicted molar refractivity (Wildman–Crippen MR) is 62.6 cm³/mol. The molecule has 1 atom stereocenters. The molecule has 0 spiro atoms. The van der Waals surface area contributed by atoms with Crippen LogP contribution >= 0.6 is 0 Å². The Balaban J connectivity index is 2.41. The fourth-order valence-electron chi connectivity index (χ4n) is 1.47. The average Bonchev–Trinajstić information content (AvgIpc) is 2.30. The average molecular weight is 202 g/mol. The zero-order valence-corrected chi connectivity index (χ0v) is 9.24. The largest absolute Gasteiger partial charge is 0.315 e. The maximum atomic E-state index is 9.05. The summed E-state index contributed by atoms with van der Waals surface area (Å²) in [4.78, 5) is 0. The first-order chi connectivity index (χ1) is 7.38. The summed E-state index contributed by atoms with van der Waals surface area (Å²) in [6, 6.07) is 12.3. The number of nitriles is 1. The molecule has 1 rings (SSSR count). The van der Waals surface area contributed by atoms with Crippen LogP contribution in [-0.2, 0) is 0 Å². The number of benzene rings is 1. The van der Waals surface area contributed by atoms with Crippen molar-refractivity contribution in [3.05, 3.63) is 35.9 Å². The van der Waals surface area contributed by atoms with Gasteiger partial charge in [0.05, 0.1) is 12.0 Å². The number of unbranched alkanes of at least 4 members (excludes halogenated alkanes) is 1. The molecule has 2 heteroatoms. The highest BCUT2D eigenvalue weighted by Gasteiger charge is 2.08. The van der Waals surface area contributed by atoms with Gasteiger partial charge in [0.15, 0.2) is 0 Å². The summed E-state index contributed by atoms with van der Waals surface area (Å²) in [6.45, 7) is 3.92. The van der Waals surface area contributed by atoms with Gasteiger partial charge in [0.1, 0.15) is 0 Å². The molecule has 0 aliphatic heterocycles. The van der Waals surface area contributed by atoms with Crippen molar-refractivity contribution in [2.24, 2.45) is 0 Å². The van der Waals surface area contributed by atoms with E-state index in [0.717, 1.165) is 18.7 Å². The second kappa shape index (κ2) is 7.03. The van der Waals surface area contributed by atoms with Crippen molar-refractivity contribution in [2.45, 2.75) is 25.7 Å². The lowest BCUT2D eigenvalue weighted by molar-refractivity contribution is 0.618. The van der Waals surface area contributed by atoms with Crippen molar-refractivity contribution in [1.29, 1.82) is 5.26 Å². The Morgan fingerprint density at radius 3 is 2.67 bits per heavy atom. The number of nitrogens with one attached hydrogen (secondary N) is 1. The van der Waals surface area contributed by atoms with Gasteiger partial charge in [-0.3, -0.25) is 0 Å². The molecule has 0 bridgehead atoms. The molecule has 1 aromatic carbocycles. The van der Waals surface area contributed by atoms with Crippen molar-refractivity contribution >= 4 is 0 Å². The Kier molecular flexibility index (Phi) is 5.50. The lowest BCUT2D eigenvalue weighted by Gasteiger charge is -2.10. The summed E-state index contributed by atoms with van der Waals surface area (Å²) in [5.41, 5.74) is 1.10. The molecule has 80 valence electrons. The van der Waals surface area contributed by atoms with Gasteiger partial charge in [0.25, 0.3) is 0 Å². The Labute approximate surface area is 91.9 Å². The van der Waals surface area contributed by atoms with Crippen LogP contribution in [0.5, 0.6) is 0 Å². The van der Waals surface area contributed by atoms with E-state index >= 15 is 0 Å². The number of rotatable bonds is 6. The van der Waals surface area contributed by atoms with Crippen LogP contribution in [0.2, 0.25) is 0 Å². The molecule has 0 saturated carbocycles. The minimum atomic E-state index is -0.0249. The van der Waals surface area contributed by atoms with E-state index in [0.29, 0.717) is 0 Å². The fraction of sp³-hybridized carbons (Fsp3) is 0.462. The third-order valence-electron chi connectivity index (χ3n) is 2.41. The molecule has 0 fully saturated rings. The third-order valence-corrected chi connectivity index (χ3v) is 2.41. The molecule has 0 radical (unpaired) electrons. The minimum absolute atomic E-state index is 0.0249. The molecule has 0 saturated heterocycles. The molecule has 0 aromatic heterocycles. The van der Waals surface area contributed by atoms with Crippen LogP contribution in [-0.4, -0.2) is 13.1 Å². The SMILES string of the molecule is CCCCNCC(C#N)c1ccccc1. The van der Waals surface area contributed by atoms with E-state index in [9.17, 15) is 0 Å². The molecular formula is C13H18N2. The monoisotopic (exact) mass is 202 g/mol. The Morgan fingerprint density at radius 2 is 2.07 bits per heavy atom. The highest BCUT2D eigenvalue weighted by Crippen LogP contribution is 2.12. The topological polar surface area (TPSA) is 35.8 Å². The quantitative estimate of drug-likeness (QED) is 0.720.